The molecule has 10 heteroatoms. The predicted octanol–water partition coefficient (Wildman–Crippen LogP) is 2.99. The van der Waals surface area contributed by atoms with Crippen LogP contribution in [0.5, 0.6) is 0 Å². The number of amides is 2. The van der Waals surface area contributed by atoms with Gasteiger partial charge in [0.05, 0.1) is 10.9 Å². The second-order valence-corrected chi connectivity index (χ2v) is 6.66. The molecule has 138 valence electrons. The van der Waals surface area contributed by atoms with Crippen molar-refractivity contribution in [1.82, 2.24) is 10.6 Å². The smallest absolute Gasteiger partial charge is 0.363 e. The Kier molecular flexibility index (Phi) is 4.49. The molecule has 26 heavy (non-hydrogen) atoms. The van der Waals surface area contributed by atoms with Gasteiger partial charge in [0.2, 0.25) is 5.72 Å². The number of thiophene rings is 1. The van der Waals surface area contributed by atoms with Crippen LogP contribution in [0.2, 0.25) is 0 Å². The highest BCUT2D eigenvalue weighted by atomic mass is 32.1. The van der Waals surface area contributed by atoms with Crippen LogP contribution in [0.4, 0.5) is 22.4 Å². The van der Waals surface area contributed by atoms with Crippen molar-refractivity contribution in [3.05, 3.63) is 58.0 Å². The lowest BCUT2D eigenvalue weighted by Crippen LogP contribution is -2.72. The van der Waals surface area contributed by atoms with Crippen LogP contribution in [0.3, 0.4) is 0 Å². The Hall–Kier alpha value is -2.46. The maximum Gasteiger partial charge on any atom is 0.437 e. The van der Waals surface area contributed by atoms with Gasteiger partial charge in [-0.25, -0.2) is 9.18 Å². The fourth-order valence-corrected chi connectivity index (χ4v) is 3.56. The van der Waals surface area contributed by atoms with Crippen molar-refractivity contribution in [3.8, 4) is 0 Å². The van der Waals surface area contributed by atoms with Gasteiger partial charge < -0.3 is 15.7 Å². The van der Waals surface area contributed by atoms with Crippen LogP contribution in [0.1, 0.15) is 21.3 Å². The van der Waals surface area contributed by atoms with Crippen LogP contribution < -0.4 is 10.6 Å². The molecule has 1 aromatic carbocycles. The lowest BCUT2D eigenvalue weighted by atomic mass is 9.78. The number of carbonyl (C=O) groups is 2. The number of hydrogen-bond donors (Lipinski definition) is 3. The molecule has 1 aliphatic heterocycles. The van der Waals surface area contributed by atoms with Gasteiger partial charge in [-0.15, -0.1) is 11.3 Å². The Morgan fingerprint density at radius 1 is 1.19 bits per heavy atom. The molecule has 0 aliphatic carbocycles. The van der Waals surface area contributed by atoms with Gasteiger partial charge in [0.15, 0.2) is 5.78 Å². The van der Waals surface area contributed by atoms with Gasteiger partial charge in [0, 0.05) is 0 Å². The van der Waals surface area contributed by atoms with Crippen LogP contribution in [0, 0.1) is 11.7 Å². The number of urea groups is 1. The Balaban J connectivity index is 2.14. The summed E-state index contributed by atoms with van der Waals surface area (Å²) in [5, 5.41) is 15.5. The van der Waals surface area contributed by atoms with E-state index in [0.717, 1.165) is 35.6 Å². The van der Waals surface area contributed by atoms with Gasteiger partial charge >= 0.3 is 12.2 Å². The second kappa shape index (κ2) is 6.36. The summed E-state index contributed by atoms with van der Waals surface area (Å²) in [5.74, 6) is -3.74. The maximum absolute atomic E-state index is 13.6. The van der Waals surface area contributed by atoms with Crippen molar-refractivity contribution >= 4 is 23.2 Å². The van der Waals surface area contributed by atoms with E-state index in [2.05, 4.69) is 5.32 Å². The molecule has 3 atom stereocenters. The van der Waals surface area contributed by atoms with Crippen LogP contribution in [-0.2, 0) is 0 Å². The van der Waals surface area contributed by atoms with E-state index in [1.54, 1.807) is 0 Å². The SMILES string of the molecule is O=C1N[C@@H](c2ccc(F)cc2)[C@@H](C(=O)c2cccs2)[C@](O)(C(F)(F)F)N1. The average Bonchev–Trinajstić information content (AvgIpc) is 3.08. The molecule has 2 amide bonds. The molecule has 1 aromatic heterocycles. The summed E-state index contributed by atoms with van der Waals surface area (Å²) < 4.78 is 54.0. The molecule has 0 spiro atoms. The first-order valence-corrected chi connectivity index (χ1v) is 8.22. The Morgan fingerprint density at radius 3 is 2.38 bits per heavy atom. The van der Waals surface area contributed by atoms with E-state index in [1.807, 2.05) is 0 Å². The molecule has 5 nitrogen and oxygen atoms in total. The van der Waals surface area contributed by atoms with Crippen molar-refractivity contribution in [2.45, 2.75) is 17.9 Å². The fraction of sp³-hybridized carbons (Fsp3) is 0.250. The van der Waals surface area contributed by atoms with Gasteiger partial charge in [-0.1, -0.05) is 18.2 Å². The highest BCUT2D eigenvalue weighted by molar-refractivity contribution is 7.12. The highest BCUT2D eigenvalue weighted by Crippen LogP contribution is 2.44. The number of ketones is 1. The minimum absolute atomic E-state index is 0.0114. The van der Waals surface area contributed by atoms with Crippen LogP contribution in [-0.4, -0.2) is 28.8 Å². The van der Waals surface area contributed by atoms with Crippen molar-refractivity contribution in [3.63, 3.8) is 0 Å². The molecule has 0 unspecified atom stereocenters. The first-order chi connectivity index (χ1) is 12.1. The highest BCUT2D eigenvalue weighted by Gasteiger charge is 2.66. The topological polar surface area (TPSA) is 78.4 Å². The largest absolute Gasteiger partial charge is 0.437 e. The Labute approximate surface area is 148 Å². The molecular weight excluding hydrogens is 376 g/mol. The van der Waals surface area contributed by atoms with Gasteiger partial charge in [-0.05, 0) is 29.1 Å². The molecule has 1 aliphatic rings. The molecular formula is C16H12F4N2O3S. The number of rotatable bonds is 3. The first-order valence-electron chi connectivity index (χ1n) is 7.34. The van der Waals surface area contributed by atoms with E-state index >= 15 is 0 Å². The summed E-state index contributed by atoms with van der Waals surface area (Å²) in [7, 11) is 0. The van der Waals surface area contributed by atoms with Crippen molar-refractivity contribution in [2.75, 3.05) is 0 Å². The molecule has 1 fully saturated rings. The fourth-order valence-electron chi connectivity index (χ4n) is 2.86. The minimum Gasteiger partial charge on any atom is -0.363 e. The van der Waals surface area contributed by atoms with Crippen LogP contribution in [0.15, 0.2) is 41.8 Å². The Morgan fingerprint density at radius 2 is 1.85 bits per heavy atom. The third kappa shape index (κ3) is 3.06. The van der Waals surface area contributed by atoms with Crippen molar-refractivity contribution < 1.29 is 32.3 Å². The zero-order valence-electron chi connectivity index (χ0n) is 12.9. The summed E-state index contributed by atoms with van der Waals surface area (Å²) in [5.41, 5.74) is -3.73. The first kappa shape index (κ1) is 18.3. The van der Waals surface area contributed by atoms with E-state index in [4.69, 9.17) is 0 Å². The maximum atomic E-state index is 13.6. The van der Waals surface area contributed by atoms with Crippen molar-refractivity contribution in [1.29, 1.82) is 0 Å². The number of benzene rings is 1. The zero-order valence-corrected chi connectivity index (χ0v) is 13.7. The van der Waals surface area contributed by atoms with E-state index in [-0.39, 0.29) is 10.4 Å². The third-order valence-electron chi connectivity index (χ3n) is 4.08. The zero-order chi connectivity index (χ0) is 19.1. The summed E-state index contributed by atoms with van der Waals surface area (Å²) in [6.45, 7) is 0. The summed E-state index contributed by atoms with van der Waals surface area (Å²) >= 11 is 0.908. The van der Waals surface area contributed by atoms with Crippen molar-refractivity contribution in [2.24, 2.45) is 5.92 Å². The monoisotopic (exact) mass is 388 g/mol. The number of halogens is 4. The van der Waals surface area contributed by atoms with E-state index < -0.39 is 41.5 Å². The lowest BCUT2D eigenvalue weighted by molar-refractivity contribution is -0.287. The molecule has 1 saturated heterocycles. The number of hydrogen-bond acceptors (Lipinski definition) is 4. The standard InChI is InChI=1S/C16H12F4N2O3S/c17-9-5-3-8(4-6-9)12-11(13(23)10-2-1-7-26-10)15(25,16(18,19)20)22-14(24)21-12/h1-7,11-12,25H,(H2,21,22,24)/t11-,12-,15-/m0/s1. The molecule has 3 rings (SSSR count). The number of nitrogens with one attached hydrogen (secondary N) is 2. The van der Waals surface area contributed by atoms with Gasteiger partial charge in [0.1, 0.15) is 11.7 Å². The van der Waals surface area contributed by atoms with Crippen LogP contribution in [0.25, 0.3) is 0 Å². The molecule has 0 bridgehead atoms. The summed E-state index contributed by atoms with van der Waals surface area (Å²) in [6.07, 6.45) is -5.32. The predicted molar refractivity (Wildman–Crippen MR) is 84.0 cm³/mol. The van der Waals surface area contributed by atoms with Crippen LogP contribution >= 0.6 is 11.3 Å². The molecule has 0 radical (unpaired) electrons. The average molecular weight is 388 g/mol. The number of Topliss-reactive ketones (excluding diaryl/α,β-unsaturated/α-hetero) is 1. The van der Waals surface area contributed by atoms with E-state index in [0.29, 0.717) is 0 Å². The van der Waals surface area contributed by atoms with E-state index in [1.165, 1.54) is 22.8 Å². The number of aliphatic hydroxyl groups is 1. The lowest BCUT2D eigenvalue weighted by Gasteiger charge is -2.44. The summed E-state index contributed by atoms with van der Waals surface area (Å²) in [6, 6.07) is 4.27. The third-order valence-corrected chi connectivity index (χ3v) is 4.97. The molecule has 2 heterocycles. The molecule has 0 saturated carbocycles. The number of carbonyl (C=O) groups excluding carboxylic acids is 2. The quantitative estimate of drug-likeness (QED) is 0.559. The van der Waals surface area contributed by atoms with Gasteiger partial charge in [-0.2, -0.15) is 13.2 Å². The Bertz CT molecular complexity index is 823. The normalized spacial score (nSPS) is 26.1. The van der Waals surface area contributed by atoms with Gasteiger partial charge in [-0.3, -0.25) is 4.79 Å². The van der Waals surface area contributed by atoms with E-state index in [9.17, 15) is 32.3 Å². The minimum atomic E-state index is -5.32. The molecule has 3 N–H and O–H groups in total. The molecule has 2 aromatic rings. The number of alkyl halides is 3. The second-order valence-electron chi connectivity index (χ2n) is 5.71. The summed E-state index contributed by atoms with van der Waals surface area (Å²) in [4.78, 5) is 24.5. The van der Waals surface area contributed by atoms with Gasteiger partial charge in [0.25, 0.3) is 0 Å².